The summed E-state index contributed by atoms with van der Waals surface area (Å²) in [5.74, 6) is 0.405. The van der Waals surface area contributed by atoms with E-state index in [4.69, 9.17) is 0 Å². The zero-order valence-electron chi connectivity index (χ0n) is 9.71. The summed E-state index contributed by atoms with van der Waals surface area (Å²) in [7, 11) is 0. The second-order valence-corrected chi connectivity index (χ2v) is 6.62. The van der Waals surface area contributed by atoms with E-state index in [0.29, 0.717) is 11.8 Å². The van der Waals surface area contributed by atoms with Crippen molar-refractivity contribution in [2.24, 2.45) is 0 Å². The van der Waals surface area contributed by atoms with Crippen molar-refractivity contribution in [2.75, 3.05) is 26.2 Å². The van der Waals surface area contributed by atoms with E-state index in [1.165, 1.54) is 5.56 Å². The minimum Gasteiger partial charge on any atom is -0.506 e. The van der Waals surface area contributed by atoms with E-state index in [1.807, 2.05) is 0 Å². The van der Waals surface area contributed by atoms with Gasteiger partial charge in [0.25, 0.3) is 0 Å². The Kier molecular flexibility index (Phi) is 4.90. The van der Waals surface area contributed by atoms with Crippen molar-refractivity contribution in [1.29, 1.82) is 0 Å². The molecule has 2 rings (SSSR count). The molecule has 3 nitrogen and oxygen atoms in total. The number of hydrogen-bond acceptors (Lipinski definition) is 3. The summed E-state index contributed by atoms with van der Waals surface area (Å²) in [5.41, 5.74) is 1.29. The molecule has 0 unspecified atom stereocenters. The Morgan fingerprint density at radius 1 is 1.24 bits per heavy atom. The second kappa shape index (κ2) is 6.03. The van der Waals surface area contributed by atoms with Crippen molar-refractivity contribution in [2.45, 2.75) is 13.0 Å². The fraction of sp³-hybridized carbons (Fsp3) is 0.500. The fourth-order valence-corrected chi connectivity index (χ4v) is 3.92. The van der Waals surface area contributed by atoms with Gasteiger partial charge in [0, 0.05) is 32.2 Å². The highest BCUT2D eigenvalue weighted by Crippen LogP contribution is 2.31. The summed E-state index contributed by atoms with van der Waals surface area (Å²) in [4.78, 5) is 2.48. The predicted molar refractivity (Wildman–Crippen MR) is 86.4 cm³/mol. The molecule has 0 amide bonds. The molecule has 5 heteroatoms. The summed E-state index contributed by atoms with van der Waals surface area (Å²) in [6.45, 7) is 6.56. The monoisotopic (exact) mass is 458 g/mol. The van der Waals surface area contributed by atoms with Crippen LogP contribution in [0.15, 0.2) is 12.1 Å². The summed E-state index contributed by atoms with van der Waals surface area (Å²) in [6.07, 6.45) is 0. The highest BCUT2D eigenvalue weighted by molar-refractivity contribution is 14.1. The van der Waals surface area contributed by atoms with Gasteiger partial charge < -0.3 is 10.4 Å². The third-order valence-corrected chi connectivity index (χ3v) is 4.87. The number of halogens is 2. The molecule has 94 valence electrons. The van der Waals surface area contributed by atoms with Crippen LogP contribution in [-0.2, 0) is 0 Å². The van der Waals surface area contributed by atoms with Crippen molar-refractivity contribution < 1.29 is 5.11 Å². The standard InChI is InChI=1S/C12H16I2N2O/c1-8(16-4-2-15-3-5-16)9-6-10(13)12(17)11(14)7-9/h6-8,15,17H,2-5H2,1H3/t8-/m1/s1. The van der Waals surface area contributed by atoms with Crippen LogP contribution in [0.25, 0.3) is 0 Å². The molecular weight excluding hydrogens is 442 g/mol. The molecule has 0 bridgehead atoms. The predicted octanol–water partition coefficient (Wildman–Crippen LogP) is 2.57. The number of phenolic OH excluding ortho intramolecular Hbond substituents is 1. The van der Waals surface area contributed by atoms with E-state index < -0.39 is 0 Å². The molecule has 1 aromatic rings. The van der Waals surface area contributed by atoms with Crippen LogP contribution in [0, 0.1) is 7.14 Å². The SMILES string of the molecule is C[C@H](c1cc(I)c(O)c(I)c1)N1CCNCC1. The maximum Gasteiger partial charge on any atom is 0.142 e. The van der Waals surface area contributed by atoms with Gasteiger partial charge in [0.15, 0.2) is 0 Å². The molecule has 0 aromatic heterocycles. The van der Waals surface area contributed by atoms with E-state index in [0.717, 1.165) is 33.3 Å². The summed E-state index contributed by atoms with van der Waals surface area (Å²) in [6, 6.07) is 4.59. The molecule has 0 radical (unpaired) electrons. The molecule has 1 fully saturated rings. The molecule has 1 saturated heterocycles. The molecule has 0 aliphatic carbocycles. The average molecular weight is 458 g/mol. The lowest BCUT2D eigenvalue weighted by Crippen LogP contribution is -2.44. The highest BCUT2D eigenvalue weighted by Gasteiger charge is 2.19. The van der Waals surface area contributed by atoms with Crippen molar-refractivity contribution >= 4 is 45.2 Å². The van der Waals surface area contributed by atoms with Crippen LogP contribution in [0.2, 0.25) is 0 Å². The zero-order valence-corrected chi connectivity index (χ0v) is 14.0. The van der Waals surface area contributed by atoms with Crippen LogP contribution in [0.5, 0.6) is 5.75 Å². The third-order valence-electron chi connectivity index (χ3n) is 3.22. The van der Waals surface area contributed by atoms with Crippen LogP contribution >= 0.6 is 45.2 Å². The Morgan fingerprint density at radius 3 is 2.29 bits per heavy atom. The van der Waals surface area contributed by atoms with Crippen LogP contribution in [0.1, 0.15) is 18.5 Å². The van der Waals surface area contributed by atoms with Gasteiger partial charge in [-0.05, 0) is 69.8 Å². The summed E-state index contributed by atoms with van der Waals surface area (Å²) < 4.78 is 1.87. The van der Waals surface area contributed by atoms with E-state index in [9.17, 15) is 5.11 Å². The van der Waals surface area contributed by atoms with Gasteiger partial charge >= 0.3 is 0 Å². The second-order valence-electron chi connectivity index (χ2n) is 4.30. The third kappa shape index (κ3) is 3.24. The van der Waals surface area contributed by atoms with Crippen molar-refractivity contribution in [3.8, 4) is 5.75 Å². The van der Waals surface area contributed by atoms with Gasteiger partial charge in [0.05, 0.1) is 7.14 Å². The Bertz CT molecular complexity index is 382. The first kappa shape index (κ1) is 13.8. The van der Waals surface area contributed by atoms with Gasteiger partial charge in [-0.1, -0.05) is 0 Å². The number of piperazine rings is 1. The maximum atomic E-state index is 9.78. The fourth-order valence-electron chi connectivity index (χ4n) is 2.11. The average Bonchev–Trinajstić information content (AvgIpc) is 2.35. The number of rotatable bonds is 2. The molecule has 0 saturated carbocycles. The van der Waals surface area contributed by atoms with Gasteiger partial charge in [-0.2, -0.15) is 0 Å². The molecule has 1 heterocycles. The molecular formula is C12H16I2N2O. The van der Waals surface area contributed by atoms with E-state index in [1.54, 1.807) is 0 Å². The Balaban J connectivity index is 2.21. The molecule has 1 aromatic carbocycles. The Hall–Kier alpha value is 0.400. The molecule has 17 heavy (non-hydrogen) atoms. The molecule has 2 N–H and O–H groups in total. The lowest BCUT2D eigenvalue weighted by atomic mass is 10.1. The van der Waals surface area contributed by atoms with Gasteiger partial charge in [0.2, 0.25) is 0 Å². The number of nitrogens with zero attached hydrogens (tertiary/aromatic N) is 1. The number of phenols is 1. The summed E-state index contributed by atoms with van der Waals surface area (Å²) in [5, 5.41) is 13.2. The first-order valence-corrected chi connectivity index (χ1v) is 7.88. The quantitative estimate of drug-likeness (QED) is 0.670. The molecule has 0 spiro atoms. The lowest BCUT2D eigenvalue weighted by molar-refractivity contribution is 0.185. The van der Waals surface area contributed by atoms with Crippen molar-refractivity contribution in [3.63, 3.8) is 0 Å². The maximum absolute atomic E-state index is 9.78. The number of hydrogen-bond donors (Lipinski definition) is 2. The number of nitrogens with one attached hydrogen (secondary N) is 1. The minimum absolute atomic E-state index is 0.405. The largest absolute Gasteiger partial charge is 0.506 e. The van der Waals surface area contributed by atoms with Crippen molar-refractivity contribution in [3.05, 3.63) is 24.8 Å². The van der Waals surface area contributed by atoms with Crippen LogP contribution in [0.3, 0.4) is 0 Å². The number of aromatic hydroxyl groups is 1. The Labute approximate surface area is 129 Å². The van der Waals surface area contributed by atoms with Gasteiger partial charge in [-0.3, -0.25) is 4.90 Å². The van der Waals surface area contributed by atoms with E-state index in [2.05, 4.69) is 74.5 Å². The lowest BCUT2D eigenvalue weighted by Gasteiger charge is -2.33. The van der Waals surface area contributed by atoms with Crippen LogP contribution < -0.4 is 5.32 Å². The van der Waals surface area contributed by atoms with Crippen molar-refractivity contribution in [1.82, 2.24) is 10.2 Å². The van der Waals surface area contributed by atoms with Gasteiger partial charge in [-0.25, -0.2) is 0 Å². The van der Waals surface area contributed by atoms with E-state index in [-0.39, 0.29) is 0 Å². The Morgan fingerprint density at radius 2 is 1.76 bits per heavy atom. The topological polar surface area (TPSA) is 35.5 Å². The number of benzene rings is 1. The minimum atomic E-state index is 0.405. The smallest absolute Gasteiger partial charge is 0.142 e. The zero-order chi connectivity index (χ0) is 12.4. The summed E-state index contributed by atoms with van der Waals surface area (Å²) >= 11 is 4.39. The van der Waals surface area contributed by atoms with Gasteiger partial charge in [-0.15, -0.1) is 0 Å². The molecule has 1 aliphatic rings. The normalized spacial score (nSPS) is 19.2. The van der Waals surface area contributed by atoms with Crippen LogP contribution in [0.4, 0.5) is 0 Å². The van der Waals surface area contributed by atoms with E-state index >= 15 is 0 Å². The van der Waals surface area contributed by atoms with Gasteiger partial charge in [0.1, 0.15) is 5.75 Å². The van der Waals surface area contributed by atoms with Crippen LogP contribution in [-0.4, -0.2) is 36.2 Å². The first-order valence-electron chi connectivity index (χ1n) is 5.72. The first-order chi connectivity index (χ1) is 8.09. The molecule has 1 atom stereocenters. The molecule has 1 aliphatic heterocycles. The highest BCUT2D eigenvalue weighted by atomic mass is 127.